The summed E-state index contributed by atoms with van der Waals surface area (Å²) in [6.07, 6.45) is 16.5. The van der Waals surface area contributed by atoms with E-state index in [0.29, 0.717) is 0 Å². The van der Waals surface area contributed by atoms with Crippen molar-refractivity contribution >= 4 is 30.1 Å². The van der Waals surface area contributed by atoms with Crippen molar-refractivity contribution in [1.82, 2.24) is 0 Å². The molecule has 0 spiro atoms. The molecule has 0 saturated carbocycles. The second kappa shape index (κ2) is 10.6. The molecule has 4 heteroatoms. The van der Waals surface area contributed by atoms with E-state index in [-0.39, 0.29) is 0 Å². The van der Waals surface area contributed by atoms with Crippen molar-refractivity contribution in [3.63, 3.8) is 0 Å². The zero-order valence-electron chi connectivity index (χ0n) is 21.0. The van der Waals surface area contributed by atoms with Crippen LogP contribution >= 0.6 is 8.16 Å². The Morgan fingerprint density at radius 1 is 0.794 bits per heavy atom. The summed E-state index contributed by atoms with van der Waals surface area (Å²) < 4.78 is 13.2. The highest BCUT2D eigenvalue weighted by molar-refractivity contribution is 7.38. The molecule has 0 fully saturated rings. The molecule has 0 radical (unpaired) electrons. The second-order valence-corrected chi connectivity index (χ2v) is 11.4. The third-order valence-corrected chi connectivity index (χ3v) is 8.53. The fourth-order valence-electron chi connectivity index (χ4n) is 5.56. The smallest absolute Gasteiger partial charge is 0.307 e. The zero-order valence-corrected chi connectivity index (χ0v) is 21.9. The average Bonchev–Trinajstić information content (AvgIpc) is 3.00. The van der Waals surface area contributed by atoms with Gasteiger partial charge in [0.25, 0.3) is 0 Å². The van der Waals surface area contributed by atoms with Crippen molar-refractivity contribution in [3.8, 4) is 0 Å². The SMILES string of the molecule is CC(C)=CCC/C(C)=C/CNp1oc2ccc3c(c2c2c4c(ccc2o1)CCCC4)CCCC3. The number of nitrogens with one attached hydrogen (secondary N) is 1. The van der Waals surface area contributed by atoms with Crippen LogP contribution in [0, 0.1) is 0 Å². The van der Waals surface area contributed by atoms with Crippen LogP contribution in [0.1, 0.15) is 81.5 Å². The Bertz CT molecular complexity index is 1220. The lowest BCUT2D eigenvalue weighted by Gasteiger charge is -2.20. The van der Waals surface area contributed by atoms with Gasteiger partial charge in [-0.15, -0.1) is 0 Å². The van der Waals surface area contributed by atoms with Gasteiger partial charge in [0.1, 0.15) is 11.2 Å². The van der Waals surface area contributed by atoms with E-state index < -0.39 is 8.16 Å². The summed E-state index contributed by atoms with van der Waals surface area (Å²) in [7, 11) is -1.26. The highest BCUT2D eigenvalue weighted by atomic mass is 31.1. The molecule has 34 heavy (non-hydrogen) atoms. The van der Waals surface area contributed by atoms with Crippen LogP contribution in [0.15, 0.2) is 56.0 Å². The molecule has 2 aliphatic rings. The molecule has 0 amide bonds. The summed E-state index contributed by atoms with van der Waals surface area (Å²) in [6.45, 7) is 7.29. The van der Waals surface area contributed by atoms with Crippen LogP contribution in [0.3, 0.4) is 0 Å². The molecule has 3 nitrogen and oxygen atoms in total. The van der Waals surface area contributed by atoms with Gasteiger partial charge in [-0.3, -0.25) is 0 Å². The highest BCUT2D eigenvalue weighted by Crippen LogP contribution is 2.41. The van der Waals surface area contributed by atoms with Gasteiger partial charge in [0.15, 0.2) is 0 Å². The van der Waals surface area contributed by atoms with Crippen LogP contribution in [0.25, 0.3) is 21.9 Å². The van der Waals surface area contributed by atoms with Crippen molar-refractivity contribution in [3.05, 3.63) is 69.8 Å². The first-order valence-electron chi connectivity index (χ1n) is 13.1. The third kappa shape index (κ3) is 5.07. The van der Waals surface area contributed by atoms with Gasteiger partial charge in [-0.2, -0.15) is 0 Å². The molecule has 1 aromatic heterocycles. The minimum atomic E-state index is -1.26. The molecule has 0 bridgehead atoms. The Kier molecular flexibility index (Phi) is 7.32. The Hall–Kier alpha value is -2.22. The number of rotatable bonds is 6. The van der Waals surface area contributed by atoms with Gasteiger partial charge in [0.05, 0.1) is 0 Å². The largest absolute Gasteiger partial charge is 0.408 e. The van der Waals surface area contributed by atoms with Crippen molar-refractivity contribution in [2.45, 2.75) is 85.0 Å². The molecule has 0 aliphatic heterocycles. The standard InChI is InChI=1S/C30H38NO2P/c1-21(2)9-8-10-22(3)19-20-31-34-32-27-17-15-23-11-4-6-13-25(23)29(27)30-26-14-7-5-12-24(26)16-18-28(30)33-34/h9,15-19,31H,4-8,10-14,20H2,1-3H3/b22-19+. The van der Waals surface area contributed by atoms with Gasteiger partial charge in [-0.1, -0.05) is 35.4 Å². The summed E-state index contributed by atoms with van der Waals surface area (Å²) in [5.74, 6) is 0. The maximum Gasteiger partial charge on any atom is 0.307 e. The number of fused-ring (bicyclic) bond motifs is 7. The topological polar surface area (TPSA) is 38.3 Å². The van der Waals surface area contributed by atoms with Crippen LogP contribution in [-0.2, 0) is 25.7 Å². The molecule has 2 aromatic carbocycles. The van der Waals surface area contributed by atoms with E-state index in [1.807, 2.05) is 0 Å². The number of hydrogen-bond donors (Lipinski definition) is 1. The monoisotopic (exact) mass is 475 g/mol. The molecule has 180 valence electrons. The zero-order chi connectivity index (χ0) is 23.5. The van der Waals surface area contributed by atoms with Crippen LogP contribution < -0.4 is 5.09 Å². The van der Waals surface area contributed by atoms with Crippen LogP contribution in [0.4, 0.5) is 0 Å². The van der Waals surface area contributed by atoms with Crippen molar-refractivity contribution in [2.75, 3.05) is 11.6 Å². The van der Waals surface area contributed by atoms with E-state index in [2.05, 4.69) is 62.3 Å². The molecular weight excluding hydrogens is 437 g/mol. The van der Waals surface area contributed by atoms with Gasteiger partial charge in [-0.25, -0.2) is 5.09 Å². The van der Waals surface area contributed by atoms with Crippen LogP contribution in [0.5, 0.6) is 0 Å². The van der Waals surface area contributed by atoms with Gasteiger partial charge >= 0.3 is 8.16 Å². The fraction of sp³-hybridized carbons (Fsp3) is 0.467. The Balaban J connectivity index is 1.58. The fourth-order valence-corrected chi connectivity index (χ4v) is 6.63. The normalized spacial score (nSPS) is 15.8. The Morgan fingerprint density at radius 3 is 1.91 bits per heavy atom. The molecule has 5 rings (SSSR count). The molecule has 0 atom stereocenters. The molecule has 1 N–H and O–H groups in total. The predicted molar refractivity (Wildman–Crippen MR) is 146 cm³/mol. The second-order valence-electron chi connectivity index (χ2n) is 10.2. The van der Waals surface area contributed by atoms with E-state index in [4.69, 9.17) is 8.39 Å². The van der Waals surface area contributed by atoms with Gasteiger partial charge in [0.2, 0.25) is 0 Å². The first-order valence-corrected chi connectivity index (χ1v) is 14.3. The first-order chi connectivity index (χ1) is 16.6. The molecule has 1 heterocycles. The number of hydrogen-bond acceptors (Lipinski definition) is 3. The number of aryl methyl sites for hydroxylation is 4. The Morgan fingerprint density at radius 2 is 1.35 bits per heavy atom. The summed E-state index contributed by atoms with van der Waals surface area (Å²) in [6, 6.07) is 9.01. The third-order valence-electron chi connectivity index (χ3n) is 7.36. The molecule has 3 aromatic rings. The average molecular weight is 476 g/mol. The van der Waals surface area contributed by atoms with Crippen LogP contribution in [0.2, 0.25) is 0 Å². The predicted octanol–water partition coefficient (Wildman–Crippen LogP) is 9.28. The van der Waals surface area contributed by atoms with Crippen molar-refractivity contribution in [1.29, 1.82) is 0 Å². The highest BCUT2D eigenvalue weighted by Gasteiger charge is 2.21. The quantitative estimate of drug-likeness (QED) is 0.361. The lowest BCUT2D eigenvalue weighted by Crippen LogP contribution is -2.05. The van der Waals surface area contributed by atoms with E-state index in [9.17, 15) is 0 Å². The summed E-state index contributed by atoms with van der Waals surface area (Å²) >= 11 is 0. The first kappa shape index (κ1) is 23.5. The van der Waals surface area contributed by atoms with E-state index in [1.165, 1.54) is 82.7 Å². The number of benzene rings is 2. The molecule has 0 saturated heterocycles. The van der Waals surface area contributed by atoms with Crippen molar-refractivity contribution < 1.29 is 8.39 Å². The summed E-state index contributed by atoms with van der Waals surface area (Å²) in [5.41, 5.74) is 10.8. The maximum absolute atomic E-state index is 6.58. The lowest BCUT2D eigenvalue weighted by atomic mass is 9.84. The molecule has 2 aliphatic carbocycles. The number of allylic oxidation sites excluding steroid dienone is 3. The molecule has 0 unspecified atom stereocenters. The van der Waals surface area contributed by atoms with Gasteiger partial charge < -0.3 is 8.39 Å². The summed E-state index contributed by atoms with van der Waals surface area (Å²) in [4.78, 5) is 0. The van der Waals surface area contributed by atoms with Gasteiger partial charge in [0, 0.05) is 17.3 Å². The molecular formula is C30H38NO2P. The van der Waals surface area contributed by atoms with E-state index in [1.54, 1.807) is 0 Å². The van der Waals surface area contributed by atoms with Crippen molar-refractivity contribution in [2.24, 2.45) is 0 Å². The minimum absolute atomic E-state index is 0.757. The maximum atomic E-state index is 6.58. The van der Waals surface area contributed by atoms with Gasteiger partial charge in [-0.05, 0) is 119 Å². The lowest BCUT2D eigenvalue weighted by molar-refractivity contribution is 0.641. The Labute approximate surface area is 204 Å². The summed E-state index contributed by atoms with van der Waals surface area (Å²) in [5, 5.41) is 6.21. The van der Waals surface area contributed by atoms with E-state index >= 15 is 0 Å². The van der Waals surface area contributed by atoms with Crippen LogP contribution in [-0.4, -0.2) is 6.54 Å². The minimum Gasteiger partial charge on any atom is -0.408 e. The van der Waals surface area contributed by atoms with E-state index in [0.717, 1.165) is 43.4 Å².